The monoisotopic (exact) mass is 290 g/mol. The summed E-state index contributed by atoms with van der Waals surface area (Å²) in [6.07, 6.45) is 2.35. The van der Waals surface area contributed by atoms with Gasteiger partial charge >= 0.3 is 0 Å². The average molecular weight is 290 g/mol. The number of hydrogen-bond donors (Lipinski definition) is 3. The molecule has 0 aliphatic carbocycles. The highest BCUT2D eigenvalue weighted by molar-refractivity contribution is 6.02. The molecule has 0 radical (unpaired) electrons. The van der Waals surface area contributed by atoms with Crippen LogP contribution in [0.25, 0.3) is 0 Å². The van der Waals surface area contributed by atoms with Crippen LogP contribution in [0.5, 0.6) is 5.75 Å². The fourth-order valence-electron chi connectivity index (χ4n) is 2.75. The van der Waals surface area contributed by atoms with Crippen molar-refractivity contribution in [2.24, 2.45) is 5.92 Å². The van der Waals surface area contributed by atoms with Crippen molar-refractivity contribution in [3.63, 3.8) is 0 Å². The fraction of sp³-hybridized carbons (Fsp3) is 0.533. The second-order valence-corrected chi connectivity index (χ2v) is 5.46. The molecule has 6 nitrogen and oxygen atoms in total. The first-order valence-electron chi connectivity index (χ1n) is 7.40. The molecule has 114 valence electrons. The molecule has 0 saturated carbocycles. The molecular weight excluding hydrogens is 268 g/mol. The molecule has 1 saturated heterocycles. The summed E-state index contributed by atoms with van der Waals surface area (Å²) in [4.78, 5) is 5.13. The van der Waals surface area contributed by atoms with Crippen LogP contribution < -0.4 is 15.4 Å². The maximum atomic E-state index is 8.07. The second kappa shape index (κ2) is 6.32. The summed E-state index contributed by atoms with van der Waals surface area (Å²) in [6.45, 7) is 3.41. The zero-order valence-corrected chi connectivity index (χ0v) is 12.3. The number of nitrogens with zero attached hydrogens (tertiary/aromatic N) is 1. The maximum absolute atomic E-state index is 8.07. The largest absolute Gasteiger partial charge is 0.493 e. The highest BCUT2D eigenvalue weighted by Crippen LogP contribution is 2.27. The van der Waals surface area contributed by atoms with Crippen molar-refractivity contribution in [1.29, 1.82) is 5.41 Å². The van der Waals surface area contributed by atoms with Gasteiger partial charge in [0.1, 0.15) is 12.4 Å². The van der Waals surface area contributed by atoms with Crippen LogP contribution in [-0.2, 0) is 4.84 Å². The van der Waals surface area contributed by atoms with Gasteiger partial charge in [0.05, 0.1) is 19.4 Å². The molecule has 1 aromatic rings. The summed E-state index contributed by atoms with van der Waals surface area (Å²) in [5, 5.41) is 16.2. The van der Waals surface area contributed by atoms with Gasteiger partial charge in [-0.2, -0.15) is 0 Å². The predicted molar refractivity (Wildman–Crippen MR) is 81.7 cm³/mol. The molecule has 0 spiro atoms. The molecule has 0 aromatic heterocycles. The normalized spacial score (nSPS) is 19.1. The van der Waals surface area contributed by atoms with E-state index in [4.69, 9.17) is 15.0 Å². The van der Waals surface area contributed by atoms with Crippen molar-refractivity contribution in [3.05, 3.63) is 23.8 Å². The number of ether oxygens (including phenoxy) is 1. The summed E-state index contributed by atoms with van der Waals surface area (Å²) < 4.78 is 5.92. The van der Waals surface area contributed by atoms with E-state index < -0.39 is 0 Å². The van der Waals surface area contributed by atoms with E-state index in [2.05, 4.69) is 10.6 Å². The number of amidine groups is 1. The Kier molecular flexibility index (Phi) is 4.26. The third-order valence-corrected chi connectivity index (χ3v) is 4.07. The fourth-order valence-corrected chi connectivity index (χ4v) is 2.75. The minimum absolute atomic E-state index is 0.371. The van der Waals surface area contributed by atoms with Gasteiger partial charge in [-0.05, 0) is 44.0 Å². The summed E-state index contributed by atoms with van der Waals surface area (Å²) in [7, 11) is 1.57. The minimum Gasteiger partial charge on any atom is -0.493 e. The Morgan fingerprint density at radius 1 is 1.33 bits per heavy atom. The molecule has 0 amide bonds. The van der Waals surface area contributed by atoms with Gasteiger partial charge in [0, 0.05) is 11.6 Å². The SMILES string of the molecule is CON1CNc2cc(OCC3CCNCC3)ccc2C1=N. The number of rotatable bonds is 4. The van der Waals surface area contributed by atoms with Gasteiger partial charge in [-0.25, -0.2) is 5.06 Å². The molecule has 1 aromatic carbocycles. The van der Waals surface area contributed by atoms with Crippen LogP contribution in [-0.4, -0.2) is 44.4 Å². The number of anilines is 1. The molecule has 2 aliphatic rings. The average Bonchev–Trinajstić information content (AvgIpc) is 2.54. The first kappa shape index (κ1) is 14.2. The molecule has 21 heavy (non-hydrogen) atoms. The van der Waals surface area contributed by atoms with Gasteiger partial charge in [-0.15, -0.1) is 0 Å². The first-order valence-corrected chi connectivity index (χ1v) is 7.40. The highest BCUT2D eigenvalue weighted by atomic mass is 16.7. The molecule has 2 aliphatic heterocycles. The number of fused-ring (bicyclic) bond motifs is 1. The first-order chi connectivity index (χ1) is 10.3. The summed E-state index contributed by atoms with van der Waals surface area (Å²) in [5.74, 6) is 1.87. The third-order valence-electron chi connectivity index (χ3n) is 4.07. The zero-order valence-electron chi connectivity index (χ0n) is 12.3. The van der Waals surface area contributed by atoms with Gasteiger partial charge in [0.2, 0.25) is 0 Å². The van der Waals surface area contributed by atoms with E-state index in [1.807, 2.05) is 18.2 Å². The number of piperidine rings is 1. The minimum atomic E-state index is 0.371. The van der Waals surface area contributed by atoms with Crippen LogP contribution in [0.15, 0.2) is 18.2 Å². The van der Waals surface area contributed by atoms with E-state index in [9.17, 15) is 0 Å². The highest BCUT2D eigenvalue weighted by Gasteiger charge is 2.21. The van der Waals surface area contributed by atoms with Crippen LogP contribution in [0.1, 0.15) is 18.4 Å². The number of benzene rings is 1. The Bertz CT molecular complexity index is 514. The van der Waals surface area contributed by atoms with Gasteiger partial charge in [0.15, 0.2) is 5.84 Å². The lowest BCUT2D eigenvalue weighted by Crippen LogP contribution is -2.39. The van der Waals surface area contributed by atoms with E-state index in [1.54, 1.807) is 7.11 Å². The molecular formula is C15H22N4O2. The van der Waals surface area contributed by atoms with Crippen LogP contribution in [0.3, 0.4) is 0 Å². The van der Waals surface area contributed by atoms with E-state index in [0.717, 1.165) is 36.7 Å². The van der Waals surface area contributed by atoms with Gasteiger partial charge in [-0.1, -0.05) is 0 Å². The lowest BCUT2D eigenvalue weighted by atomic mass is 9.99. The van der Waals surface area contributed by atoms with Crippen LogP contribution >= 0.6 is 0 Å². The van der Waals surface area contributed by atoms with Crippen molar-refractivity contribution in [3.8, 4) is 5.75 Å². The Morgan fingerprint density at radius 3 is 2.90 bits per heavy atom. The lowest BCUT2D eigenvalue weighted by molar-refractivity contribution is -0.0602. The van der Waals surface area contributed by atoms with Crippen molar-refractivity contribution in [2.75, 3.05) is 38.8 Å². The van der Waals surface area contributed by atoms with Crippen molar-refractivity contribution in [2.45, 2.75) is 12.8 Å². The summed E-state index contributed by atoms with van der Waals surface area (Å²) in [6, 6.07) is 5.81. The van der Waals surface area contributed by atoms with Crippen molar-refractivity contribution in [1.82, 2.24) is 10.4 Å². The maximum Gasteiger partial charge on any atom is 0.156 e. The molecule has 6 heteroatoms. The van der Waals surface area contributed by atoms with E-state index in [-0.39, 0.29) is 0 Å². The molecule has 3 rings (SSSR count). The number of nitrogens with one attached hydrogen (secondary N) is 3. The van der Waals surface area contributed by atoms with E-state index in [0.29, 0.717) is 18.4 Å². The van der Waals surface area contributed by atoms with Crippen LogP contribution in [0.4, 0.5) is 5.69 Å². The quantitative estimate of drug-likeness (QED) is 0.786. The molecule has 0 unspecified atom stereocenters. The lowest BCUT2D eigenvalue weighted by Gasteiger charge is -2.30. The zero-order chi connectivity index (χ0) is 14.7. The topological polar surface area (TPSA) is 69.6 Å². The molecule has 3 N–H and O–H groups in total. The molecule has 1 fully saturated rings. The number of hydroxylamine groups is 2. The smallest absolute Gasteiger partial charge is 0.156 e. The Labute approximate surface area is 124 Å². The number of hydrogen-bond acceptors (Lipinski definition) is 5. The van der Waals surface area contributed by atoms with Crippen LogP contribution in [0.2, 0.25) is 0 Å². The predicted octanol–water partition coefficient (Wildman–Crippen LogP) is 1.64. The molecule has 2 heterocycles. The summed E-state index contributed by atoms with van der Waals surface area (Å²) >= 11 is 0. The van der Waals surface area contributed by atoms with Gasteiger partial charge in [0.25, 0.3) is 0 Å². The van der Waals surface area contributed by atoms with Gasteiger partial charge in [-0.3, -0.25) is 10.2 Å². The Morgan fingerprint density at radius 2 is 2.14 bits per heavy atom. The summed E-state index contributed by atoms with van der Waals surface area (Å²) in [5.41, 5.74) is 1.76. The van der Waals surface area contributed by atoms with Crippen LogP contribution in [0, 0.1) is 11.3 Å². The molecule has 0 atom stereocenters. The third kappa shape index (κ3) is 3.11. The van der Waals surface area contributed by atoms with Crippen molar-refractivity contribution >= 4 is 11.5 Å². The molecule has 0 bridgehead atoms. The van der Waals surface area contributed by atoms with E-state index in [1.165, 1.54) is 17.9 Å². The van der Waals surface area contributed by atoms with Crippen molar-refractivity contribution < 1.29 is 9.57 Å². The Balaban J connectivity index is 1.64. The van der Waals surface area contributed by atoms with Gasteiger partial charge < -0.3 is 15.4 Å². The standard InChI is InChI=1S/C15H22N4O2/c1-20-19-10-18-14-8-12(2-3-13(14)15(19)16)21-9-11-4-6-17-7-5-11/h2-3,8,11,16-18H,4-7,9-10H2,1H3. The Hall–Kier alpha value is -1.79. The van der Waals surface area contributed by atoms with E-state index >= 15 is 0 Å². The second-order valence-electron chi connectivity index (χ2n) is 5.46.